The van der Waals surface area contributed by atoms with Gasteiger partial charge in [-0.25, -0.2) is 0 Å². The highest BCUT2D eigenvalue weighted by atomic mass is 16.1. The topological polar surface area (TPSA) is 17.1 Å². The van der Waals surface area contributed by atoms with Crippen LogP contribution in [0.4, 0.5) is 0 Å². The van der Waals surface area contributed by atoms with Crippen LogP contribution in [0.2, 0.25) is 0 Å². The van der Waals surface area contributed by atoms with Gasteiger partial charge in [-0.05, 0) is 111 Å². The van der Waals surface area contributed by atoms with E-state index in [2.05, 4.69) is 34.6 Å². The number of hydrogen-bond donors (Lipinski definition) is 0. The van der Waals surface area contributed by atoms with E-state index >= 15 is 0 Å². The summed E-state index contributed by atoms with van der Waals surface area (Å²) in [6, 6.07) is 0. The average molecular weight is 359 g/mol. The van der Waals surface area contributed by atoms with Crippen LogP contribution in [0.25, 0.3) is 0 Å². The first-order chi connectivity index (χ1) is 12.1. The highest BCUT2D eigenvalue weighted by Crippen LogP contribution is 2.69. The molecule has 1 heteroatoms. The zero-order valence-corrected chi connectivity index (χ0v) is 18.2. The monoisotopic (exact) mass is 358 g/mol. The maximum atomic E-state index is 12.1. The first kappa shape index (κ1) is 19.0. The van der Waals surface area contributed by atoms with Crippen LogP contribution in [-0.4, -0.2) is 5.78 Å². The van der Waals surface area contributed by atoms with Gasteiger partial charge in [-0.2, -0.15) is 0 Å². The first-order valence-electron chi connectivity index (χ1n) is 11.6. The molecular weight excluding hydrogens is 316 g/mol. The minimum Gasteiger partial charge on any atom is -0.300 e. The van der Waals surface area contributed by atoms with Crippen molar-refractivity contribution in [2.24, 2.45) is 51.8 Å². The van der Waals surface area contributed by atoms with Gasteiger partial charge in [0, 0.05) is 5.92 Å². The Balaban J connectivity index is 1.59. The number of fused-ring (bicyclic) bond motifs is 5. The van der Waals surface area contributed by atoms with Gasteiger partial charge in [-0.15, -0.1) is 0 Å². The molecule has 26 heavy (non-hydrogen) atoms. The highest BCUT2D eigenvalue weighted by molar-refractivity contribution is 5.78. The largest absolute Gasteiger partial charge is 0.300 e. The molecule has 0 aromatic carbocycles. The quantitative estimate of drug-likeness (QED) is 0.525. The SMILES string of the molecule is CC(=O)[C@@H](C)[C@H]1CC[C@H]2[C@@H]3CC[C@H]4CC(C)(C)CC[C@]4(C)[C@H]3CC[C@]12C. The minimum absolute atomic E-state index is 0.268. The zero-order valence-electron chi connectivity index (χ0n) is 18.2. The molecule has 4 fully saturated rings. The number of carbonyl (C=O) groups is 1. The molecule has 0 heterocycles. The average Bonchev–Trinajstić information content (AvgIpc) is 2.91. The van der Waals surface area contributed by atoms with Gasteiger partial charge >= 0.3 is 0 Å². The number of rotatable bonds is 2. The van der Waals surface area contributed by atoms with Crippen LogP contribution < -0.4 is 0 Å². The summed E-state index contributed by atoms with van der Waals surface area (Å²) < 4.78 is 0. The third-order valence-electron chi connectivity index (χ3n) is 10.5. The molecule has 0 bridgehead atoms. The molecule has 0 radical (unpaired) electrons. The predicted octanol–water partition coefficient (Wildman–Crippen LogP) is 6.90. The van der Waals surface area contributed by atoms with Crippen LogP contribution in [-0.2, 0) is 4.79 Å². The third-order valence-corrected chi connectivity index (χ3v) is 10.5. The van der Waals surface area contributed by atoms with Crippen molar-refractivity contribution in [2.75, 3.05) is 0 Å². The summed E-state index contributed by atoms with van der Waals surface area (Å²) in [7, 11) is 0. The minimum atomic E-state index is 0.268. The normalized spacial score (nSPS) is 51.1. The van der Waals surface area contributed by atoms with Gasteiger partial charge in [0.15, 0.2) is 0 Å². The van der Waals surface area contributed by atoms with E-state index in [9.17, 15) is 4.79 Å². The predicted molar refractivity (Wildman–Crippen MR) is 109 cm³/mol. The van der Waals surface area contributed by atoms with Crippen LogP contribution in [0, 0.1) is 51.8 Å². The van der Waals surface area contributed by atoms with Crippen molar-refractivity contribution in [1.29, 1.82) is 0 Å². The Kier molecular flexibility index (Phi) is 4.45. The van der Waals surface area contributed by atoms with Gasteiger partial charge in [-0.1, -0.05) is 34.6 Å². The summed E-state index contributed by atoms with van der Waals surface area (Å²) in [4.78, 5) is 12.1. The van der Waals surface area contributed by atoms with Gasteiger partial charge < -0.3 is 0 Å². The van der Waals surface area contributed by atoms with Gasteiger partial charge in [0.05, 0.1) is 0 Å². The summed E-state index contributed by atoms with van der Waals surface area (Å²) in [5.74, 6) is 5.09. The Bertz CT molecular complexity index is 577. The van der Waals surface area contributed by atoms with E-state index < -0.39 is 0 Å². The van der Waals surface area contributed by atoms with Crippen LogP contribution >= 0.6 is 0 Å². The van der Waals surface area contributed by atoms with E-state index in [0.29, 0.717) is 27.9 Å². The molecule has 0 unspecified atom stereocenters. The van der Waals surface area contributed by atoms with Crippen LogP contribution in [0.3, 0.4) is 0 Å². The van der Waals surface area contributed by atoms with E-state index in [1.165, 1.54) is 57.8 Å². The number of carbonyl (C=O) groups excluding carboxylic acids is 1. The van der Waals surface area contributed by atoms with Crippen molar-refractivity contribution in [3.63, 3.8) is 0 Å². The van der Waals surface area contributed by atoms with Crippen molar-refractivity contribution in [2.45, 2.75) is 99.3 Å². The van der Waals surface area contributed by atoms with E-state index in [1.54, 1.807) is 0 Å². The summed E-state index contributed by atoms with van der Waals surface area (Å²) in [5, 5.41) is 0. The van der Waals surface area contributed by atoms with Crippen molar-refractivity contribution in [3.05, 3.63) is 0 Å². The molecule has 0 spiro atoms. The Labute approximate surface area is 162 Å². The molecule has 8 atom stereocenters. The van der Waals surface area contributed by atoms with Crippen LogP contribution in [0.15, 0.2) is 0 Å². The van der Waals surface area contributed by atoms with Gasteiger partial charge in [0.1, 0.15) is 5.78 Å². The van der Waals surface area contributed by atoms with Crippen molar-refractivity contribution in [1.82, 2.24) is 0 Å². The highest BCUT2D eigenvalue weighted by Gasteiger charge is 2.61. The van der Waals surface area contributed by atoms with Crippen LogP contribution in [0.5, 0.6) is 0 Å². The molecule has 0 amide bonds. The fourth-order valence-corrected chi connectivity index (χ4v) is 8.78. The lowest BCUT2D eigenvalue weighted by Crippen LogP contribution is -2.54. The molecule has 0 aliphatic heterocycles. The molecular formula is C25H42O. The zero-order chi connectivity index (χ0) is 18.9. The summed E-state index contributed by atoms with van der Waals surface area (Å²) >= 11 is 0. The van der Waals surface area contributed by atoms with Crippen molar-refractivity contribution >= 4 is 5.78 Å². The fraction of sp³-hybridized carbons (Fsp3) is 0.960. The van der Waals surface area contributed by atoms with Gasteiger partial charge in [-0.3, -0.25) is 4.79 Å². The van der Waals surface area contributed by atoms with Gasteiger partial charge in [0.25, 0.3) is 0 Å². The molecule has 4 saturated carbocycles. The molecule has 148 valence electrons. The fourth-order valence-electron chi connectivity index (χ4n) is 8.78. The second-order valence-corrected chi connectivity index (χ2v) is 12.2. The standard InChI is InChI=1S/C25H42O/c1-16(17(2)26)20-9-10-21-19-8-7-18-15-23(3,4)13-14-24(18,5)22(19)11-12-25(20,21)6/h16,18-22H,7-15H2,1-6H3/t16-,18+,19+,20-,21+,22+,24+,25-/m1/s1. The van der Waals surface area contributed by atoms with E-state index in [1.807, 2.05) is 6.92 Å². The lowest BCUT2D eigenvalue weighted by molar-refractivity contribution is -0.135. The maximum absolute atomic E-state index is 12.1. The summed E-state index contributed by atoms with van der Waals surface area (Å²) in [5.41, 5.74) is 1.60. The lowest BCUT2D eigenvalue weighted by Gasteiger charge is -2.62. The second-order valence-electron chi connectivity index (χ2n) is 12.2. The lowest BCUT2D eigenvalue weighted by atomic mass is 9.43. The molecule has 4 aliphatic rings. The molecule has 1 nitrogen and oxygen atoms in total. The number of hydrogen-bond acceptors (Lipinski definition) is 1. The molecule has 0 aromatic rings. The first-order valence-corrected chi connectivity index (χ1v) is 11.6. The molecule has 0 saturated heterocycles. The molecule has 0 N–H and O–H groups in total. The van der Waals surface area contributed by atoms with Crippen molar-refractivity contribution in [3.8, 4) is 0 Å². The van der Waals surface area contributed by atoms with E-state index in [-0.39, 0.29) is 5.92 Å². The molecule has 4 rings (SSSR count). The van der Waals surface area contributed by atoms with E-state index in [0.717, 1.165) is 23.7 Å². The Hall–Kier alpha value is -0.330. The Morgan fingerprint density at radius 1 is 0.846 bits per heavy atom. The van der Waals surface area contributed by atoms with Crippen LogP contribution in [0.1, 0.15) is 99.3 Å². The molecule has 0 aromatic heterocycles. The molecule has 4 aliphatic carbocycles. The second kappa shape index (κ2) is 6.08. The van der Waals surface area contributed by atoms with Gasteiger partial charge in [0.2, 0.25) is 0 Å². The summed E-state index contributed by atoms with van der Waals surface area (Å²) in [6.45, 7) is 14.3. The summed E-state index contributed by atoms with van der Waals surface area (Å²) in [6.07, 6.45) is 12.8. The van der Waals surface area contributed by atoms with Crippen molar-refractivity contribution < 1.29 is 4.79 Å². The number of ketones is 1. The Morgan fingerprint density at radius 2 is 1.54 bits per heavy atom. The third kappa shape index (κ3) is 2.66. The smallest absolute Gasteiger partial charge is 0.132 e. The van der Waals surface area contributed by atoms with E-state index in [4.69, 9.17) is 0 Å². The Morgan fingerprint density at radius 3 is 2.23 bits per heavy atom. The maximum Gasteiger partial charge on any atom is 0.132 e. The number of Topliss-reactive ketones (excluding diaryl/α,β-unsaturated/α-hetero) is 1.